The number of benzene rings is 4. The van der Waals surface area contributed by atoms with E-state index in [9.17, 15) is 13.2 Å². The summed E-state index contributed by atoms with van der Waals surface area (Å²) in [6, 6.07) is 42.0. The van der Waals surface area contributed by atoms with Gasteiger partial charge in [0.2, 0.25) is 0 Å². The third kappa shape index (κ3) is 6.03. The van der Waals surface area contributed by atoms with Gasteiger partial charge in [0.1, 0.15) is 9.90 Å². The van der Waals surface area contributed by atoms with E-state index in [0.29, 0.717) is 29.2 Å². The molecular formula is C36H33N3O3S3. The van der Waals surface area contributed by atoms with E-state index in [1.807, 2.05) is 30.3 Å². The summed E-state index contributed by atoms with van der Waals surface area (Å²) < 4.78 is 28.0. The van der Waals surface area contributed by atoms with E-state index >= 15 is 0 Å². The standard InChI is InChI=1S/C36H33N3O3S3/c1-2-39(45(41,42)33-22-13-24-43-33)32-21-12-14-27-26-31(38-34(27)32)35(40)37-23-25-44-36(28-15-6-3-7-16-28,29-17-8-4-9-18-29)30-19-10-5-11-20-30/h3-22,24,26,38H,2,23,25H2,1H3,(H,37,40). The number of nitrogens with one attached hydrogen (secondary N) is 2. The van der Waals surface area contributed by atoms with Crippen LogP contribution in [0.2, 0.25) is 0 Å². The molecule has 6 nitrogen and oxygen atoms in total. The molecule has 0 bridgehead atoms. The number of hydrogen-bond acceptors (Lipinski definition) is 5. The maximum absolute atomic E-state index is 13.4. The summed E-state index contributed by atoms with van der Waals surface area (Å²) in [5.74, 6) is 0.408. The number of aromatic nitrogens is 1. The Morgan fingerprint density at radius 1 is 0.822 bits per heavy atom. The highest BCUT2D eigenvalue weighted by Gasteiger charge is 2.36. The number of amides is 1. The van der Waals surface area contributed by atoms with Gasteiger partial charge in [-0.3, -0.25) is 9.10 Å². The van der Waals surface area contributed by atoms with Crippen molar-refractivity contribution in [1.29, 1.82) is 0 Å². The van der Waals surface area contributed by atoms with Gasteiger partial charge in [0, 0.05) is 24.2 Å². The molecule has 0 unspecified atom stereocenters. The summed E-state index contributed by atoms with van der Waals surface area (Å²) in [5.41, 5.74) is 5.00. The molecule has 6 aromatic rings. The van der Waals surface area contributed by atoms with E-state index in [1.165, 1.54) is 32.3 Å². The number of anilines is 1. The number of H-pyrrole nitrogens is 1. The molecule has 9 heteroatoms. The Bertz CT molecular complexity index is 1880. The van der Waals surface area contributed by atoms with Crippen molar-refractivity contribution in [1.82, 2.24) is 10.3 Å². The second kappa shape index (κ2) is 13.4. The lowest BCUT2D eigenvalue weighted by Gasteiger charge is -2.35. The van der Waals surface area contributed by atoms with E-state index in [-0.39, 0.29) is 16.7 Å². The molecule has 6 rings (SSSR count). The molecule has 0 atom stereocenters. The molecule has 2 N–H and O–H groups in total. The van der Waals surface area contributed by atoms with Crippen molar-refractivity contribution >= 4 is 55.6 Å². The largest absolute Gasteiger partial charge is 0.350 e. The molecule has 0 aliphatic carbocycles. The van der Waals surface area contributed by atoms with Crippen molar-refractivity contribution in [3.8, 4) is 0 Å². The quantitative estimate of drug-likeness (QED) is 0.104. The van der Waals surface area contributed by atoms with Crippen LogP contribution in [0.25, 0.3) is 10.9 Å². The van der Waals surface area contributed by atoms with E-state index in [0.717, 1.165) is 5.39 Å². The van der Waals surface area contributed by atoms with Gasteiger partial charge in [-0.2, -0.15) is 0 Å². The highest BCUT2D eigenvalue weighted by molar-refractivity contribution is 8.00. The van der Waals surface area contributed by atoms with Crippen LogP contribution in [0.1, 0.15) is 34.1 Å². The van der Waals surface area contributed by atoms with Crippen LogP contribution in [0.5, 0.6) is 0 Å². The topological polar surface area (TPSA) is 82.3 Å². The Labute approximate surface area is 272 Å². The number of para-hydroxylation sites is 1. The highest BCUT2D eigenvalue weighted by Crippen LogP contribution is 2.48. The third-order valence-corrected chi connectivity index (χ3v) is 12.5. The SMILES string of the molecule is CCN(c1cccc2cc(C(=O)NCCSC(c3ccccc3)(c3ccccc3)c3ccccc3)[nH]c12)S(=O)(=O)c1cccs1. The number of hydrogen-bond donors (Lipinski definition) is 2. The predicted octanol–water partition coefficient (Wildman–Crippen LogP) is 7.90. The van der Waals surface area contributed by atoms with E-state index < -0.39 is 14.8 Å². The zero-order chi connectivity index (χ0) is 31.3. The molecule has 4 aromatic carbocycles. The van der Waals surface area contributed by atoms with Crippen LogP contribution in [0, 0.1) is 0 Å². The number of thiophene rings is 1. The van der Waals surface area contributed by atoms with E-state index in [4.69, 9.17) is 0 Å². The zero-order valence-electron chi connectivity index (χ0n) is 24.7. The van der Waals surface area contributed by atoms with Crippen LogP contribution in [0.3, 0.4) is 0 Å². The van der Waals surface area contributed by atoms with Crippen LogP contribution in [0.15, 0.2) is 137 Å². The summed E-state index contributed by atoms with van der Waals surface area (Å²) in [6.45, 7) is 2.50. The predicted molar refractivity (Wildman–Crippen MR) is 187 cm³/mol. The minimum Gasteiger partial charge on any atom is -0.350 e. The second-order valence-electron chi connectivity index (χ2n) is 10.4. The average Bonchev–Trinajstić information content (AvgIpc) is 3.79. The number of nitrogens with zero attached hydrogens (tertiary/aromatic N) is 1. The van der Waals surface area contributed by atoms with Gasteiger partial charge >= 0.3 is 0 Å². The Balaban J connectivity index is 1.24. The van der Waals surface area contributed by atoms with Gasteiger partial charge in [0.25, 0.3) is 15.9 Å². The normalized spacial score (nSPS) is 11.8. The van der Waals surface area contributed by atoms with Crippen molar-refractivity contribution < 1.29 is 13.2 Å². The highest BCUT2D eigenvalue weighted by atomic mass is 32.2. The Kier molecular flexibility index (Phi) is 9.11. The maximum atomic E-state index is 13.4. The van der Waals surface area contributed by atoms with Crippen molar-refractivity contribution in [2.24, 2.45) is 0 Å². The Hall–Kier alpha value is -4.31. The molecule has 45 heavy (non-hydrogen) atoms. The lowest BCUT2D eigenvalue weighted by atomic mass is 9.84. The number of fused-ring (bicyclic) bond motifs is 1. The average molecular weight is 652 g/mol. The van der Waals surface area contributed by atoms with E-state index in [2.05, 4.69) is 83.1 Å². The fraction of sp³-hybridized carbons (Fsp3) is 0.139. The number of rotatable bonds is 12. The lowest BCUT2D eigenvalue weighted by molar-refractivity contribution is 0.0952. The number of thioether (sulfide) groups is 1. The molecule has 228 valence electrons. The van der Waals surface area contributed by atoms with Crippen LogP contribution in [-0.4, -0.2) is 38.2 Å². The molecular weight excluding hydrogens is 619 g/mol. The van der Waals surface area contributed by atoms with Crippen molar-refractivity contribution in [3.05, 3.63) is 155 Å². The van der Waals surface area contributed by atoms with Crippen LogP contribution >= 0.6 is 23.1 Å². The molecule has 1 amide bonds. The Morgan fingerprint density at radius 3 is 1.96 bits per heavy atom. The summed E-state index contributed by atoms with van der Waals surface area (Å²) >= 11 is 2.97. The molecule has 2 aromatic heterocycles. The third-order valence-electron chi connectivity index (χ3n) is 7.72. The van der Waals surface area contributed by atoms with E-state index in [1.54, 1.807) is 48.3 Å². The van der Waals surface area contributed by atoms with Crippen LogP contribution in [-0.2, 0) is 14.8 Å². The summed E-state index contributed by atoms with van der Waals surface area (Å²) in [5, 5.41) is 5.60. The summed E-state index contributed by atoms with van der Waals surface area (Å²) in [7, 11) is -3.74. The molecule has 0 aliphatic heterocycles. The molecule has 0 aliphatic rings. The second-order valence-corrected chi connectivity index (χ2v) is 14.8. The first-order chi connectivity index (χ1) is 21.9. The minimum atomic E-state index is -3.74. The maximum Gasteiger partial charge on any atom is 0.273 e. The monoisotopic (exact) mass is 651 g/mol. The fourth-order valence-corrected chi connectivity index (χ4v) is 9.70. The number of sulfonamides is 1. The van der Waals surface area contributed by atoms with Gasteiger partial charge in [-0.1, -0.05) is 109 Å². The summed E-state index contributed by atoms with van der Waals surface area (Å²) in [4.78, 5) is 16.6. The van der Waals surface area contributed by atoms with Crippen molar-refractivity contribution in [3.63, 3.8) is 0 Å². The minimum absolute atomic E-state index is 0.244. The van der Waals surface area contributed by atoms with Crippen LogP contribution in [0.4, 0.5) is 5.69 Å². The first-order valence-electron chi connectivity index (χ1n) is 14.7. The van der Waals surface area contributed by atoms with Gasteiger partial charge in [-0.15, -0.1) is 23.1 Å². The molecule has 0 fully saturated rings. The zero-order valence-corrected chi connectivity index (χ0v) is 27.2. The van der Waals surface area contributed by atoms with Gasteiger partial charge in [0.15, 0.2) is 0 Å². The summed E-state index contributed by atoms with van der Waals surface area (Å²) in [6.07, 6.45) is 0. The van der Waals surface area contributed by atoms with Crippen LogP contribution < -0.4 is 9.62 Å². The fourth-order valence-electron chi connectivity index (χ4n) is 5.69. The van der Waals surface area contributed by atoms with Gasteiger partial charge in [0.05, 0.1) is 16.0 Å². The molecule has 0 saturated carbocycles. The van der Waals surface area contributed by atoms with Gasteiger partial charge in [-0.25, -0.2) is 8.42 Å². The van der Waals surface area contributed by atoms with Gasteiger partial charge < -0.3 is 10.3 Å². The number of aromatic amines is 1. The molecule has 0 radical (unpaired) electrons. The lowest BCUT2D eigenvalue weighted by Crippen LogP contribution is -2.30. The number of carbonyl (C=O) groups is 1. The first kappa shape index (κ1) is 30.7. The molecule has 0 saturated heterocycles. The van der Waals surface area contributed by atoms with Crippen molar-refractivity contribution in [2.75, 3.05) is 23.1 Å². The first-order valence-corrected chi connectivity index (χ1v) is 18.0. The van der Waals surface area contributed by atoms with Crippen molar-refractivity contribution in [2.45, 2.75) is 15.9 Å². The molecule has 2 heterocycles. The van der Waals surface area contributed by atoms with Gasteiger partial charge in [-0.05, 0) is 47.2 Å². The molecule has 0 spiro atoms. The number of carbonyl (C=O) groups excluding carboxylic acids is 1. The Morgan fingerprint density at radius 2 is 1.42 bits per heavy atom. The smallest absolute Gasteiger partial charge is 0.273 e.